The lowest BCUT2D eigenvalue weighted by molar-refractivity contribution is -0.131. The topological polar surface area (TPSA) is 190 Å². The molecule has 0 aliphatic carbocycles. The molecule has 5 aromatic rings. The highest BCUT2D eigenvalue weighted by atomic mass is 32.1. The van der Waals surface area contributed by atoms with Crippen molar-refractivity contribution in [2.75, 3.05) is 29.3 Å². The first-order valence-electron chi connectivity index (χ1n) is 24.3. The molecule has 16 nitrogen and oxygen atoms in total. The zero-order valence-electron chi connectivity index (χ0n) is 41.9. The number of rotatable bonds is 17. The SMILES string of the molecule is COc1cc2c(cc1OCc1cc(COc3cc4c(cc3OC)C(=O)N3c5ccccc5C[C@H]3C=N4)cc(NC(=O)C(C)NC(=O)C(NC(=O)CCC(C)(C)S)C(C)C)c1)N=CC1Cc3ccccc3N1C2=O. The summed E-state index contributed by atoms with van der Waals surface area (Å²) in [6, 6.07) is 25.3. The molecule has 0 fully saturated rings. The van der Waals surface area contributed by atoms with Gasteiger partial charge in [0.05, 0.1) is 48.8 Å². The summed E-state index contributed by atoms with van der Waals surface area (Å²) in [5.41, 5.74) is 7.09. The van der Waals surface area contributed by atoms with Crippen LogP contribution in [0.1, 0.15) is 90.4 Å². The van der Waals surface area contributed by atoms with Gasteiger partial charge in [0.25, 0.3) is 11.8 Å². The Hall–Kier alpha value is -7.66. The Morgan fingerprint density at radius 2 is 1.18 bits per heavy atom. The quantitative estimate of drug-likeness (QED) is 0.0662. The van der Waals surface area contributed by atoms with E-state index < -0.39 is 23.9 Å². The zero-order valence-corrected chi connectivity index (χ0v) is 42.7. The number of nitrogens with zero attached hydrogens (tertiary/aromatic N) is 4. The second-order valence-corrected chi connectivity index (χ2v) is 20.9. The molecule has 0 saturated heterocycles. The van der Waals surface area contributed by atoms with E-state index in [2.05, 4.69) is 28.6 Å². The number of nitrogens with one attached hydrogen (secondary N) is 3. The average molecular weight is 1010 g/mol. The lowest BCUT2D eigenvalue weighted by Gasteiger charge is -2.24. The van der Waals surface area contributed by atoms with Crippen LogP contribution in [0, 0.1) is 5.92 Å². The maximum Gasteiger partial charge on any atom is 0.261 e. The Balaban J connectivity index is 0.963. The number of methoxy groups -OCH3 is 2. The molecule has 0 radical (unpaired) electrons. The number of amides is 5. The van der Waals surface area contributed by atoms with E-state index in [4.69, 9.17) is 28.9 Å². The Bertz CT molecular complexity index is 2910. The fraction of sp³-hybridized carbons (Fsp3) is 0.339. The molecule has 0 bridgehead atoms. The largest absolute Gasteiger partial charge is 0.493 e. The standard InChI is InChI=1S/C56H59N7O9S/c1-31(2)51(61-50(64)16-17-56(4,5)73)53(66)59-32(3)52(65)60-37-19-33(29-71-48-25-42-40(23-46(48)69-6)54(67)62-38(27-57-42)21-35-12-8-10-14-44(35)62)18-34(20-37)30-72-49-26-43-41(24-47(49)70-7)55(68)63-39(28-58-43)22-36-13-9-11-15-45(36)63/h8-15,18-20,23-28,31-32,38-39,51,73H,16-17,21-22,29-30H2,1-7H3,(H,59,66)(H,60,65)(H,61,64)/t32?,38-,39?,51?/m0/s1. The van der Waals surface area contributed by atoms with Crippen LogP contribution in [0.15, 0.2) is 101 Å². The molecule has 73 heavy (non-hydrogen) atoms. The summed E-state index contributed by atoms with van der Waals surface area (Å²) in [5.74, 6) is -0.610. The van der Waals surface area contributed by atoms with Gasteiger partial charge in [0, 0.05) is 65.6 Å². The third-order valence-corrected chi connectivity index (χ3v) is 13.6. The molecule has 3 N–H and O–H groups in total. The highest BCUT2D eigenvalue weighted by Gasteiger charge is 2.38. The Labute approximate surface area is 430 Å². The van der Waals surface area contributed by atoms with Gasteiger partial charge in [0.1, 0.15) is 25.3 Å². The van der Waals surface area contributed by atoms with Gasteiger partial charge in [-0.05, 0) is 84.0 Å². The fourth-order valence-electron chi connectivity index (χ4n) is 9.52. The number of ether oxygens (including phenoxy) is 4. The lowest BCUT2D eigenvalue weighted by atomic mass is 10.0. The van der Waals surface area contributed by atoms with Gasteiger partial charge in [0.2, 0.25) is 17.7 Å². The van der Waals surface area contributed by atoms with Crippen molar-refractivity contribution in [2.45, 2.75) is 102 Å². The third kappa shape index (κ3) is 10.8. The van der Waals surface area contributed by atoms with Crippen molar-refractivity contribution in [3.8, 4) is 23.0 Å². The fourth-order valence-corrected chi connectivity index (χ4v) is 9.63. The number of benzene rings is 5. The molecular formula is C56H59N7O9S. The van der Waals surface area contributed by atoms with E-state index in [0.717, 1.165) is 22.5 Å². The van der Waals surface area contributed by atoms with Gasteiger partial charge in [-0.1, -0.05) is 64.1 Å². The lowest BCUT2D eigenvalue weighted by Crippen LogP contribution is -2.53. The van der Waals surface area contributed by atoms with Crippen molar-refractivity contribution in [1.82, 2.24) is 10.6 Å². The molecule has 3 unspecified atom stereocenters. The van der Waals surface area contributed by atoms with Gasteiger partial charge >= 0.3 is 0 Å². The first kappa shape index (κ1) is 50.3. The van der Waals surface area contributed by atoms with Crippen molar-refractivity contribution >= 4 is 83.0 Å². The van der Waals surface area contributed by atoms with Gasteiger partial charge in [-0.3, -0.25) is 43.8 Å². The molecular weight excluding hydrogens is 947 g/mol. The van der Waals surface area contributed by atoms with Crippen LogP contribution in [0.5, 0.6) is 23.0 Å². The van der Waals surface area contributed by atoms with E-state index in [1.807, 2.05) is 82.3 Å². The van der Waals surface area contributed by atoms with E-state index in [9.17, 15) is 24.0 Å². The number of carbonyl (C=O) groups excluding carboxylic acids is 5. The van der Waals surface area contributed by atoms with Crippen LogP contribution in [0.3, 0.4) is 0 Å². The summed E-state index contributed by atoms with van der Waals surface area (Å²) in [6.07, 6.45) is 5.59. The normalized spacial score (nSPS) is 16.9. The molecule has 0 saturated carbocycles. The summed E-state index contributed by atoms with van der Waals surface area (Å²) >= 11 is 4.51. The van der Waals surface area contributed by atoms with Crippen molar-refractivity contribution < 1.29 is 42.9 Å². The second-order valence-electron chi connectivity index (χ2n) is 19.7. The average Bonchev–Trinajstić information content (AvgIpc) is 3.86. The smallest absolute Gasteiger partial charge is 0.261 e. The van der Waals surface area contributed by atoms with Crippen LogP contribution in [0.25, 0.3) is 0 Å². The number of hydrogen-bond acceptors (Lipinski definition) is 12. The van der Waals surface area contributed by atoms with Gasteiger partial charge in [-0.15, -0.1) is 0 Å². The highest BCUT2D eigenvalue weighted by molar-refractivity contribution is 7.81. The summed E-state index contributed by atoms with van der Waals surface area (Å²) in [6.45, 7) is 9.00. The molecule has 5 amide bonds. The third-order valence-electron chi connectivity index (χ3n) is 13.3. The van der Waals surface area contributed by atoms with Crippen molar-refractivity contribution in [2.24, 2.45) is 15.9 Å². The summed E-state index contributed by atoms with van der Waals surface area (Å²) < 4.78 is 24.1. The van der Waals surface area contributed by atoms with Gasteiger partial charge < -0.3 is 34.9 Å². The predicted octanol–water partition coefficient (Wildman–Crippen LogP) is 8.51. The van der Waals surface area contributed by atoms with E-state index in [-0.39, 0.29) is 60.1 Å². The van der Waals surface area contributed by atoms with Crippen molar-refractivity contribution in [1.29, 1.82) is 0 Å². The Morgan fingerprint density at radius 3 is 1.64 bits per heavy atom. The van der Waals surface area contributed by atoms with Crippen molar-refractivity contribution in [3.05, 3.63) is 124 Å². The molecule has 4 aliphatic heterocycles. The van der Waals surface area contributed by atoms with Gasteiger partial charge in [-0.25, -0.2) is 0 Å². The van der Waals surface area contributed by atoms with E-state index in [1.165, 1.54) is 14.2 Å². The minimum Gasteiger partial charge on any atom is -0.493 e. The number of thiol groups is 1. The first-order valence-corrected chi connectivity index (χ1v) is 24.8. The Kier molecular flexibility index (Phi) is 14.3. The molecule has 0 spiro atoms. The number of anilines is 3. The Morgan fingerprint density at radius 1 is 0.685 bits per heavy atom. The molecule has 4 aliphatic rings. The molecule has 4 atom stereocenters. The van der Waals surface area contributed by atoms with E-state index >= 15 is 0 Å². The zero-order chi connectivity index (χ0) is 51.7. The molecule has 0 aromatic heterocycles. The molecule has 9 rings (SSSR count). The van der Waals surface area contributed by atoms with Crippen LogP contribution < -0.4 is 44.7 Å². The maximum absolute atomic E-state index is 14.1. The van der Waals surface area contributed by atoms with E-state index in [0.29, 0.717) is 81.6 Å². The second kappa shape index (κ2) is 20.8. The molecule has 4 heterocycles. The molecule has 378 valence electrons. The van der Waals surface area contributed by atoms with Crippen LogP contribution in [-0.2, 0) is 40.4 Å². The monoisotopic (exact) mass is 1010 g/mol. The number of aliphatic imine (C=N–C) groups is 2. The van der Waals surface area contributed by atoms with E-state index in [1.54, 1.807) is 65.6 Å². The number of fused-ring (bicyclic) bond motifs is 8. The minimum atomic E-state index is -1.01. The van der Waals surface area contributed by atoms with Crippen LogP contribution in [-0.4, -0.2) is 85.1 Å². The molecule has 5 aromatic carbocycles. The maximum atomic E-state index is 14.1. The van der Waals surface area contributed by atoms with Gasteiger partial charge in [-0.2, -0.15) is 12.6 Å². The summed E-state index contributed by atoms with van der Waals surface area (Å²) in [5, 5.41) is 8.54. The number of para-hydroxylation sites is 2. The summed E-state index contributed by atoms with van der Waals surface area (Å²) in [4.78, 5) is 81.5. The van der Waals surface area contributed by atoms with Crippen LogP contribution in [0.4, 0.5) is 28.4 Å². The molecule has 17 heteroatoms. The first-order chi connectivity index (χ1) is 35.0. The van der Waals surface area contributed by atoms with Gasteiger partial charge in [0.15, 0.2) is 23.0 Å². The van der Waals surface area contributed by atoms with Crippen LogP contribution in [0.2, 0.25) is 0 Å². The van der Waals surface area contributed by atoms with Crippen molar-refractivity contribution in [3.63, 3.8) is 0 Å². The number of carbonyl (C=O) groups is 5. The number of hydrogen-bond donors (Lipinski definition) is 4. The highest BCUT2D eigenvalue weighted by Crippen LogP contribution is 2.43. The summed E-state index contributed by atoms with van der Waals surface area (Å²) in [7, 11) is 3.00. The minimum absolute atomic E-state index is 0.0160. The predicted molar refractivity (Wildman–Crippen MR) is 284 cm³/mol. The van der Waals surface area contributed by atoms with Crippen LogP contribution >= 0.6 is 12.6 Å².